The van der Waals surface area contributed by atoms with Crippen LogP contribution in [0, 0.1) is 17.8 Å². The second kappa shape index (κ2) is 5.78. The number of pyridine rings is 1. The molecule has 5 heteroatoms. The van der Waals surface area contributed by atoms with Crippen LogP contribution < -0.4 is 10.9 Å². The first-order chi connectivity index (χ1) is 11.1. The Morgan fingerprint density at radius 2 is 2.04 bits per heavy atom. The third-order valence-corrected chi connectivity index (χ3v) is 6.03. The van der Waals surface area contributed by atoms with Crippen LogP contribution in [0.25, 0.3) is 0 Å². The lowest BCUT2D eigenvalue weighted by molar-refractivity contribution is -0.0784. The van der Waals surface area contributed by atoms with Crippen molar-refractivity contribution < 1.29 is 9.53 Å². The summed E-state index contributed by atoms with van der Waals surface area (Å²) in [5, 5.41) is 3.24. The fourth-order valence-corrected chi connectivity index (χ4v) is 4.82. The van der Waals surface area contributed by atoms with Crippen molar-refractivity contribution in [3.05, 3.63) is 34.2 Å². The van der Waals surface area contributed by atoms with Crippen molar-refractivity contribution in [1.82, 2.24) is 9.88 Å². The maximum atomic E-state index is 12.6. The van der Waals surface area contributed by atoms with E-state index >= 15 is 0 Å². The number of fused-ring (bicyclic) bond motifs is 1. The van der Waals surface area contributed by atoms with Gasteiger partial charge < -0.3 is 14.6 Å². The minimum absolute atomic E-state index is 0.0704. The van der Waals surface area contributed by atoms with E-state index in [0.717, 1.165) is 13.0 Å². The largest absolute Gasteiger partial charge is 0.377 e. The average Bonchev–Trinajstić information content (AvgIpc) is 3.18. The van der Waals surface area contributed by atoms with Gasteiger partial charge in [0.1, 0.15) is 0 Å². The minimum atomic E-state index is -0.0988. The topological polar surface area (TPSA) is 60.3 Å². The molecular weight excluding hydrogens is 292 g/mol. The third-order valence-electron chi connectivity index (χ3n) is 6.03. The molecular formula is C18H24N2O3. The first-order valence-corrected chi connectivity index (χ1v) is 8.74. The number of ether oxygens (including phenoxy) is 1. The van der Waals surface area contributed by atoms with Crippen molar-refractivity contribution in [2.24, 2.45) is 24.8 Å². The Morgan fingerprint density at radius 1 is 1.26 bits per heavy atom. The van der Waals surface area contributed by atoms with E-state index in [1.807, 2.05) is 0 Å². The van der Waals surface area contributed by atoms with Crippen LogP contribution in [0.2, 0.25) is 0 Å². The summed E-state index contributed by atoms with van der Waals surface area (Å²) in [6.07, 6.45) is 8.16. The molecule has 0 spiro atoms. The zero-order valence-electron chi connectivity index (χ0n) is 13.5. The number of aromatic nitrogens is 1. The van der Waals surface area contributed by atoms with E-state index in [9.17, 15) is 9.59 Å². The highest BCUT2D eigenvalue weighted by Crippen LogP contribution is 2.51. The molecule has 0 bridgehead atoms. The molecule has 124 valence electrons. The van der Waals surface area contributed by atoms with Gasteiger partial charge in [-0.15, -0.1) is 0 Å². The molecule has 1 aromatic heterocycles. The van der Waals surface area contributed by atoms with Crippen LogP contribution in [-0.4, -0.2) is 29.2 Å². The Labute approximate surface area is 136 Å². The monoisotopic (exact) mass is 316 g/mol. The summed E-state index contributed by atoms with van der Waals surface area (Å²) in [5.74, 6) is 1.57. The van der Waals surface area contributed by atoms with Crippen LogP contribution in [0.15, 0.2) is 23.1 Å². The van der Waals surface area contributed by atoms with Crippen LogP contribution in [0.5, 0.6) is 0 Å². The molecule has 2 aliphatic carbocycles. The van der Waals surface area contributed by atoms with Crippen molar-refractivity contribution in [2.45, 2.75) is 44.2 Å². The van der Waals surface area contributed by atoms with Crippen molar-refractivity contribution in [1.29, 1.82) is 0 Å². The van der Waals surface area contributed by atoms with E-state index in [2.05, 4.69) is 5.32 Å². The highest BCUT2D eigenvalue weighted by Gasteiger charge is 2.57. The van der Waals surface area contributed by atoms with E-state index in [0.29, 0.717) is 29.4 Å². The summed E-state index contributed by atoms with van der Waals surface area (Å²) < 4.78 is 7.38. The summed E-state index contributed by atoms with van der Waals surface area (Å²) >= 11 is 0. The number of hydrogen-bond donors (Lipinski definition) is 1. The number of hydrogen-bond acceptors (Lipinski definition) is 3. The Kier molecular flexibility index (Phi) is 3.76. The number of aryl methyl sites for hydroxylation is 1. The molecule has 3 fully saturated rings. The number of nitrogens with one attached hydrogen (secondary N) is 1. The zero-order valence-corrected chi connectivity index (χ0v) is 13.5. The molecule has 0 radical (unpaired) electrons. The predicted octanol–water partition coefficient (Wildman–Crippen LogP) is 1.71. The summed E-state index contributed by atoms with van der Waals surface area (Å²) in [6, 6.07) is 3.30. The molecule has 3 aliphatic rings. The molecule has 5 nitrogen and oxygen atoms in total. The highest BCUT2D eigenvalue weighted by molar-refractivity contribution is 5.94. The Hall–Kier alpha value is -1.62. The number of nitrogens with zero attached hydrogens (tertiary/aromatic N) is 1. The molecule has 1 saturated heterocycles. The second-order valence-electron chi connectivity index (χ2n) is 7.28. The second-order valence-corrected chi connectivity index (χ2v) is 7.28. The number of carbonyl (C=O) groups excluding carboxylic acids is 1. The van der Waals surface area contributed by atoms with Gasteiger partial charge in [0.2, 0.25) is 5.56 Å². The lowest BCUT2D eigenvalue weighted by atomic mass is 9.61. The van der Waals surface area contributed by atoms with Crippen LogP contribution in [0.1, 0.15) is 42.5 Å². The van der Waals surface area contributed by atoms with Gasteiger partial charge in [-0.05, 0) is 18.4 Å². The number of rotatable bonds is 3. The Balaban J connectivity index is 1.50. The highest BCUT2D eigenvalue weighted by atomic mass is 16.5. The fraction of sp³-hybridized carbons (Fsp3) is 0.667. The van der Waals surface area contributed by atoms with Crippen LogP contribution in [-0.2, 0) is 11.8 Å². The molecule has 1 aliphatic heterocycles. The third kappa shape index (κ3) is 2.51. The average molecular weight is 316 g/mol. The van der Waals surface area contributed by atoms with Gasteiger partial charge in [-0.3, -0.25) is 9.59 Å². The van der Waals surface area contributed by atoms with E-state index in [4.69, 9.17) is 4.74 Å². The van der Waals surface area contributed by atoms with E-state index < -0.39 is 0 Å². The van der Waals surface area contributed by atoms with Gasteiger partial charge in [0.15, 0.2) is 0 Å². The molecule has 4 atom stereocenters. The lowest BCUT2D eigenvalue weighted by Gasteiger charge is -2.50. The molecule has 0 unspecified atom stereocenters. The van der Waals surface area contributed by atoms with Gasteiger partial charge in [-0.1, -0.05) is 25.7 Å². The van der Waals surface area contributed by atoms with E-state index in [1.54, 1.807) is 19.3 Å². The smallest absolute Gasteiger partial charge is 0.253 e. The van der Waals surface area contributed by atoms with Gasteiger partial charge in [-0.25, -0.2) is 0 Å². The van der Waals surface area contributed by atoms with Gasteiger partial charge in [0, 0.05) is 43.8 Å². The molecule has 1 aromatic rings. The van der Waals surface area contributed by atoms with Gasteiger partial charge in [0.05, 0.1) is 11.7 Å². The van der Waals surface area contributed by atoms with E-state index in [-0.39, 0.29) is 17.5 Å². The fourth-order valence-electron chi connectivity index (χ4n) is 4.82. The first kappa shape index (κ1) is 14.9. The minimum Gasteiger partial charge on any atom is -0.377 e. The maximum Gasteiger partial charge on any atom is 0.253 e. The normalized spacial score (nSPS) is 33.3. The molecule has 1 N–H and O–H groups in total. The van der Waals surface area contributed by atoms with Crippen LogP contribution >= 0.6 is 0 Å². The Bertz CT molecular complexity index is 658. The van der Waals surface area contributed by atoms with E-state index in [1.165, 1.54) is 36.3 Å². The van der Waals surface area contributed by atoms with Crippen molar-refractivity contribution >= 4 is 5.91 Å². The van der Waals surface area contributed by atoms with Gasteiger partial charge >= 0.3 is 0 Å². The lowest BCUT2D eigenvalue weighted by Crippen LogP contribution is -2.63. The molecule has 0 aromatic carbocycles. The maximum absolute atomic E-state index is 12.6. The number of amides is 1. The van der Waals surface area contributed by atoms with Crippen LogP contribution in [0.3, 0.4) is 0 Å². The standard InChI is InChI=1S/C18H24N2O3/c1-20-10-12(6-7-14(20)21)18(22)19-16-13-8-9-23-17(13)15(16)11-4-2-3-5-11/h6-7,10-11,13,15-17H,2-5,8-9H2,1H3,(H,19,22)/t13-,15+,16+,17-/m1/s1. The van der Waals surface area contributed by atoms with Gasteiger partial charge in [0.25, 0.3) is 5.91 Å². The molecule has 2 saturated carbocycles. The predicted molar refractivity (Wildman–Crippen MR) is 86.2 cm³/mol. The molecule has 4 rings (SSSR count). The zero-order chi connectivity index (χ0) is 16.0. The van der Waals surface area contributed by atoms with Gasteiger partial charge in [-0.2, -0.15) is 0 Å². The SMILES string of the molecule is Cn1cc(C(=O)N[C@H]2[C@H]3CCO[C@H]3[C@H]2C2CCCC2)ccc1=O. The number of carbonyl (C=O) groups is 1. The molecule has 23 heavy (non-hydrogen) atoms. The first-order valence-electron chi connectivity index (χ1n) is 8.74. The summed E-state index contributed by atoms with van der Waals surface area (Å²) in [7, 11) is 1.67. The van der Waals surface area contributed by atoms with Crippen molar-refractivity contribution in [2.75, 3.05) is 6.61 Å². The summed E-state index contributed by atoms with van der Waals surface area (Å²) in [4.78, 5) is 24.1. The van der Waals surface area contributed by atoms with Crippen molar-refractivity contribution in [3.63, 3.8) is 0 Å². The molecule has 1 amide bonds. The summed E-state index contributed by atoms with van der Waals surface area (Å²) in [5.41, 5.74) is 0.456. The van der Waals surface area contributed by atoms with Crippen molar-refractivity contribution in [3.8, 4) is 0 Å². The Morgan fingerprint density at radius 3 is 2.78 bits per heavy atom. The van der Waals surface area contributed by atoms with Crippen LogP contribution in [0.4, 0.5) is 0 Å². The summed E-state index contributed by atoms with van der Waals surface area (Å²) in [6.45, 7) is 0.824. The molecule has 2 heterocycles. The quantitative estimate of drug-likeness (QED) is 0.923.